The summed E-state index contributed by atoms with van der Waals surface area (Å²) in [7, 11) is 0. The average Bonchev–Trinajstić information content (AvgIpc) is 3.11. The summed E-state index contributed by atoms with van der Waals surface area (Å²) in [5.41, 5.74) is 4.27. The molecule has 1 saturated heterocycles. The molecule has 2 aliphatic heterocycles. The second-order valence-electron chi connectivity index (χ2n) is 6.85. The van der Waals surface area contributed by atoms with Crippen LogP contribution in [-0.4, -0.2) is 24.2 Å². The number of thiocarbonyl (C=S) groups is 1. The van der Waals surface area contributed by atoms with Gasteiger partial charge in [0.2, 0.25) is 0 Å². The summed E-state index contributed by atoms with van der Waals surface area (Å²) < 4.78 is 5.94. The third-order valence-corrected chi connectivity index (χ3v) is 5.72. The summed E-state index contributed by atoms with van der Waals surface area (Å²) in [6.07, 6.45) is 7.89. The fourth-order valence-electron chi connectivity index (χ4n) is 4.21. The minimum absolute atomic E-state index is 0.227. The SMILES string of the molecule is S=C1N[C@@H](c2ccccc2)[NH+](C[C@@H]2CCCO2)C2=C1CCCC2. The van der Waals surface area contributed by atoms with E-state index in [1.54, 1.807) is 5.70 Å². The van der Waals surface area contributed by atoms with Crippen molar-refractivity contribution in [2.75, 3.05) is 13.2 Å². The van der Waals surface area contributed by atoms with Crippen LogP contribution in [0.3, 0.4) is 0 Å². The van der Waals surface area contributed by atoms with Gasteiger partial charge in [0.15, 0.2) is 6.17 Å². The van der Waals surface area contributed by atoms with Gasteiger partial charge in [0.25, 0.3) is 0 Å². The second-order valence-corrected chi connectivity index (χ2v) is 7.25. The van der Waals surface area contributed by atoms with Crippen LogP contribution >= 0.6 is 12.2 Å². The highest BCUT2D eigenvalue weighted by atomic mass is 32.1. The molecule has 3 nitrogen and oxygen atoms in total. The maximum absolute atomic E-state index is 5.94. The van der Waals surface area contributed by atoms with Gasteiger partial charge in [-0.25, -0.2) is 0 Å². The number of quaternary nitrogens is 1. The number of rotatable bonds is 3. The van der Waals surface area contributed by atoms with Gasteiger partial charge in [0.1, 0.15) is 23.3 Å². The molecule has 0 radical (unpaired) electrons. The monoisotopic (exact) mass is 329 g/mol. The third kappa shape index (κ3) is 3.08. The van der Waals surface area contributed by atoms with E-state index in [1.165, 1.54) is 48.1 Å². The molecule has 0 spiro atoms. The van der Waals surface area contributed by atoms with Crippen molar-refractivity contribution >= 4 is 17.2 Å². The molecule has 0 saturated carbocycles. The standard InChI is InChI=1S/C19H24N2OS/c23-19-16-10-4-5-11-17(16)21(13-15-9-6-12-22-15)18(20-19)14-7-2-1-3-8-14/h1-3,7-8,15,18H,4-6,9-13H2,(H,20,23)/p+1/t15-,18+/m0/s1. The number of benzene rings is 1. The first kappa shape index (κ1) is 15.3. The molecule has 2 heterocycles. The first-order valence-electron chi connectivity index (χ1n) is 8.88. The topological polar surface area (TPSA) is 25.7 Å². The molecule has 1 aromatic carbocycles. The van der Waals surface area contributed by atoms with Crippen LogP contribution in [-0.2, 0) is 4.74 Å². The van der Waals surface area contributed by atoms with Gasteiger partial charge in [0.05, 0.1) is 0 Å². The summed E-state index contributed by atoms with van der Waals surface area (Å²) in [6, 6.07) is 10.7. The second kappa shape index (κ2) is 6.71. The van der Waals surface area contributed by atoms with Gasteiger partial charge in [0, 0.05) is 24.2 Å². The molecule has 2 N–H and O–H groups in total. The molecule has 1 aromatic rings. The minimum atomic E-state index is 0.227. The van der Waals surface area contributed by atoms with Crippen molar-refractivity contribution in [2.45, 2.75) is 50.8 Å². The Morgan fingerprint density at radius 1 is 1.13 bits per heavy atom. The van der Waals surface area contributed by atoms with Crippen molar-refractivity contribution < 1.29 is 9.64 Å². The number of allylic oxidation sites excluding steroid dienone is 1. The quantitative estimate of drug-likeness (QED) is 0.834. The Kier molecular flexibility index (Phi) is 4.47. The van der Waals surface area contributed by atoms with Gasteiger partial charge >= 0.3 is 0 Å². The van der Waals surface area contributed by atoms with Gasteiger partial charge in [-0.15, -0.1) is 0 Å². The molecule has 1 aliphatic carbocycles. The van der Waals surface area contributed by atoms with Crippen molar-refractivity contribution in [3.05, 3.63) is 47.2 Å². The predicted octanol–water partition coefficient (Wildman–Crippen LogP) is 2.51. The highest BCUT2D eigenvalue weighted by Crippen LogP contribution is 2.27. The average molecular weight is 329 g/mol. The van der Waals surface area contributed by atoms with E-state index in [2.05, 4.69) is 35.6 Å². The van der Waals surface area contributed by atoms with Crippen LogP contribution in [0.2, 0.25) is 0 Å². The fourth-order valence-corrected chi connectivity index (χ4v) is 4.55. The smallest absolute Gasteiger partial charge is 0.192 e. The van der Waals surface area contributed by atoms with E-state index >= 15 is 0 Å². The van der Waals surface area contributed by atoms with E-state index in [-0.39, 0.29) is 6.17 Å². The zero-order valence-corrected chi connectivity index (χ0v) is 14.3. The van der Waals surface area contributed by atoms with Gasteiger partial charge in [-0.3, -0.25) is 4.90 Å². The fraction of sp³-hybridized carbons (Fsp3) is 0.526. The van der Waals surface area contributed by atoms with Crippen molar-refractivity contribution in [3.63, 3.8) is 0 Å². The molecule has 1 fully saturated rings. The summed E-state index contributed by atoms with van der Waals surface area (Å²) in [5.74, 6) is 0. The zero-order chi connectivity index (χ0) is 15.6. The van der Waals surface area contributed by atoms with Crippen LogP contribution in [0, 0.1) is 0 Å². The van der Waals surface area contributed by atoms with Crippen LogP contribution < -0.4 is 10.2 Å². The van der Waals surface area contributed by atoms with Crippen LogP contribution in [0.25, 0.3) is 0 Å². The Morgan fingerprint density at radius 2 is 1.96 bits per heavy atom. The van der Waals surface area contributed by atoms with Gasteiger partial charge < -0.3 is 10.1 Å². The Bertz CT molecular complexity index is 607. The van der Waals surface area contributed by atoms with E-state index in [0.29, 0.717) is 6.10 Å². The predicted molar refractivity (Wildman–Crippen MR) is 95.2 cm³/mol. The zero-order valence-electron chi connectivity index (χ0n) is 13.5. The Hall–Kier alpha value is -1.23. The first-order valence-corrected chi connectivity index (χ1v) is 9.29. The number of ether oxygens (including phenoxy) is 1. The normalized spacial score (nSPS) is 31.0. The van der Waals surface area contributed by atoms with Crippen molar-refractivity contribution in [1.82, 2.24) is 5.32 Å². The van der Waals surface area contributed by atoms with E-state index in [4.69, 9.17) is 17.0 Å². The molecular formula is C19H25N2OS+. The molecule has 3 aliphatic rings. The Labute approximate surface area is 143 Å². The van der Waals surface area contributed by atoms with Crippen molar-refractivity contribution in [1.29, 1.82) is 0 Å². The lowest BCUT2D eigenvalue weighted by Gasteiger charge is -2.39. The molecule has 23 heavy (non-hydrogen) atoms. The molecule has 0 aromatic heterocycles. The lowest BCUT2D eigenvalue weighted by Crippen LogP contribution is -3.14. The van der Waals surface area contributed by atoms with Crippen molar-refractivity contribution in [2.24, 2.45) is 0 Å². The summed E-state index contributed by atoms with van der Waals surface area (Å²) in [5, 5.41) is 3.64. The molecule has 4 rings (SSSR count). The molecule has 3 atom stereocenters. The Balaban J connectivity index is 1.69. The van der Waals surface area contributed by atoms with Gasteiger partial charge in [-0.1, -0.05) is 42.5 Å². The van der Waals surface area contributed by atoms with Crippen LogP contribution in [0.5, 0.6) is 0 Å². The van der Waals surface area contributed by atoms with E-state index in [1.807, 2.05) is 0 Å². The highest BCUT2D eigenvalue weighted by molar-refractivity contribution is 7.80. The number of hydrogen-bond acceptors (Lipinski definition) is 2. The lowest BCUT2D eigenvalue weighted by molar-refractivity contribution is -0.903. The minimum Gasteiger partial charge on any atom is -0.372 e. The highest BCUT2D eigenvalue weighted by Gasteiger charge is 2.39. The van der Waals surface area contributed by atoms with Crippen LogP contribution in [0.15, 0.2) is 41.6 Å². The van der Waals surface area contributed by atoms with Crippen LogP contribution in [0.4, 0.5) is 0 Å². The van der Waals surface area contributed by atoms with Crippen LogP contribution in [0.1, 0.15) is 50.3 Å². The van der Waals surface area contributed by atoms with E-state index < -0.39 is 0 Å². The van der Waals surface area contributed by atoms with Gasteiger partial charge in [-0.05, 0) is 32.1 Å². The third-order valence-electron chi connectivity index (χ3n) is 5.36. The Morgan fingerprint density at radius 3 is 2.74 bits per heavy atom. The number of nitrogens with one attached hydrogen (secondary N) is 2. The van der Waals surface area contributed by atoms with Gasteiger partial charge in [-0.2, -0.15) is 0 Å². The first-order chi connectivity index (χ1) is 11.3. The molecule has 0 amide bonds. The molecular weight excluding hydrogens is 304 g/mol. The maximum atomic E-state index is 5.94. The van der Waals surface area contributed by atoms with Crippen molar-refractivity contribution in [3.8, 4) is 0 Å². The summed E-state index contributed by atoms with van der Waals surface area (Å²) >= 11 is 5.70. The maximum Gasteiger partial charge on any atom is 0.192 e. The molecule has 122 valence electrons. The van der Waals surface area contributed by atoms with E-state index in [9.17, 15) is 0 Å². The molecule has 1 unspecified atom stereocenters. The largest absolute Gasteiger partial charge is 0.372 e. The summed E-state index contributed by atoms with van der Waals surface area (Å²) in [6.45, 7) is 1.97. The number of hydrogen-bond donors (Lipinski definition) is 2. The lowest BCUT2D eigenvalue weighted by atomic mass is 9.91. The summed E-state index contributed by atoms with van der Waals surface area (Å²) in [4.78, 5) is 2.51. The van der Waals surface area contributed by atoms with E-state index in [0.717, 1.165) is 24.6 Å². The molecule has 0 bridgehead atoms. The molecule has 4 heteroatoms.